The van der Waals surface area contributed by atoms with E-state index in [1.165, 1.54) is 6.42 Å². The summed E-state index contributed by atoms with van der Waals surface area (Å²) in [5.74, 6) is 1.07. The number of phenols is 1. The molecule has 1 rings (SSSR count). The van der Waals surface area contributed by atoms with Gasteiger partial charge in [-0.25, -0.2) is 0 Å². The van der Waals surface area contributed by atoms with Crippen LogP contribution in [0.4, 0.5) is 0 Å². The summed E-state index contributed by atoms with van der Waals surface area (Å²) in [5.41, 5.74) is 0.972. The molecule has 0 spiro atoms. The molecule has 1 N–H and O–H groups in total. The van der Waals surface area contributed by atoms with E-state index in [0.29, 0.717) is 11.7 Å². The van der Waals surface area contributed by atoms with Gasteiger partial charge in [0.1, 0.15) is 5.75 Å². The Hall–Kier alpha value is -0.540. The smallest absolute Gasteiger partial charge is 0.120 e. The van der Waals surface area contributed by atoms with Crippen LogP contribution < -0.4 is 0 Å². The number of halogens is 1. The van der Waals surface area contributed by atoms with E-state index in [2.05, 4.69) is 41.7 Å². The lowest BCUT2D eigenvalue weighted by atomic mass is 10.1. The van der Waals surface area contributed by atoms with Crippen molar-refractivity contribution in [3.8, 4) is 5.75 Å². The molecular formula is C13H20BrNO. The van der Waals surface area contributed by atoms with Gasteiger partial charge in [-0.3, -0.25) is 0 Å². The first kappa shape index (κ1) is 13.5. The maximum absolute atomic E-state index is 9.73. The Morgan fingerprint density at radius 2 is 2.12 bits per heavy atom. The Bertz CT molecular complexity index is 341. The number of hydrogen-bond donors (Lipinski definition) is 1. The Kier molecular flexibility index (Phi) is 5.29. The van der Waals surface area contributed by atoms with Crippen molar-refractivity contribution in [1.29, 1.82) is 0 Å². The van der Waals surface area contributed by atoms with Crippen LogP contribution in [-0.2, 0) is 6.54 Å². The minimum absolute atomic E-state index is 0.374. The summed E-state index contributed by atoms with van der Waals surface area (Å²) < 4.78 is 1.01. The van der Waals surface area contributed by atoms with Crippen molar-refractivity contribution < 1.29 is 5.11 Å². The fraction of sp³-hybridized carbons (Fsp3) is 0.538. The van der Waals surface area contributed by atoms with Crippen LogP contribution in [0.25, 0.3) is 0 Å². The summed E-state index contributed by atoms with van der Waals surface area (Å²) >= 11 is 3.42. The third kappa shape index (κ3) is 4.14. The molecule has 1 atom stereocenters. The highest BCUT2D eigenvalue weighted by Gasteiger charge is 2.08. The largest absolute Gasteiger partial charge is 0.508 e. The predicted molar refractivity (Wildman–Crippen MR) is 71.6 cm³/mol. The van der Waals surface area contributed by atoms with E-state index < -0.39 is 0 Å². The van der Waals surface area contributed by atoms with Gasteiger partial charge in [0, 0.05) is 23.1 Å². The molecule has 0 saturated carbocycles. The minimum Gasteiger partial charge on any atom is -0.508 e. The van der Waals surface area contributed by atoms with Crippen molar-refractivity contribution in [2.45, 2.75) is 26.8 Å². The number of hydrogen-bond acceptors (Lipinski definition) is 2. The Morgan fingerprint density at radius 3 is 2.75 bits per heavy atom. The maximum atomic E-state index is 9.73. The molecule has 90 valence electrons. The molecule has 0 radical (unpaired) electrons. The summed E-state index contributed by atoms with van der Waals surface area (Å²) in [5, 5.41) is 9.73. The molecule has 0 amide bonds. The van der Waals surface area contributed by atoms with Crippen LogP contribution in [0, 0.1) is 5.92 Å². The van der Waals surface area contributed by atoms with Crippen LogP contribution in [0.5, 0.6) is 5.75 Å². The molecule has 0 heterocycles. The third-order valence-electron chi connectivity index (χ3n) is 2.80. The lowest BCUT2D eigenvalue weighted by molar-refractivity contribution is 0.271. The van der Waals surface area contributed by atoms with Crippen LogP contribution in [0.1, 0.15) is 25.8 Å². The number of aromatic hydroxyl groups is 1. The van der Waals surface area contributed by atoms with E-state index in [0.717, 1.165) is 23.1 Å². The zero-order chi connectivity index (χ0) is 12.1. The molecule has 0 aliphatic rings. The number of benzene rings is 1. The molecule has 0 aliphatic carbocycles. The molecule has 1 aromatic carbocycles. The van der Waals surface area contributed by atoms with Crippen LogP contribution in [0.2, 0.25) is 0 Å². The molecule has 0 aliphatic heterocycles. The fourth-order valence-electron chi connectivity index (χ4n) is 1.70. The van der Waals surface area contributed by atoms with E-state index >= 15 is 0 Å². The maximum Gasteiger partial charge on any atom is 0.120 e. The Morgan fingerprint density at radius 1 is 1.44 bits per heavy atom. The quantitative estimate of drug-likeness (QED) is 0.893. The van der Waals surface area contributed by atoms with Gasteiger partial charge in [0.2, 0.25) is 0 Å². The topological polar surface area (TPSA) is 23.5 Å². The normalized spacial score (nSPS) is 13.1. The predicted octanol–water partition coefficient (Wildman–Crippen LogP) is 3.63. The van der Waals surface area contributed by atoms with Crippen molar-refractivity contribution in [3.63, 3.8) is 0 Å². The van der Waals surface area contributed by atoms with E-state index in [-0.39, 0.29) is 0 Å². The zero-order valence-corrected chi connectivity index (χ0v) is 11.8. The summed E-state index contributed by atoms with van der Waals surface area (Å²) in [6, 6.07) is 5.56. The number of nitrogens with zero attached hydrogens (tertiary/aromatic N) is 1. The highest BCUT2D eigenvalue weighted by atomic mass is 79.9. The Balaban J connectivity index is 2.61. The van der Waals surface area contributed by atoms with Crippen LogP contribution in [0.3, 0.4) is 0 Å². The van der Waals surface area contributed by atoms with Gasteiger partial charge < -0.3 is 10.0 Å². The molecule has 1 aromatic rings. The Labute approximate surface area is 106 Å². The van der Waals surface area contributed by atoms with Crippen molar-refractivity contribution in [2.24, 2.45) is 5.92 Å². The molecule has 2 nitrogen and oxygen atoms in total. The first-order valence-corrected chi connectivity index (χ1v) is 6.48. The van der Waals surface area contributed by atoms with Gasteiger partial charge in [0.15, 0.2) is 0 Å². The highest BCUT2D eigenvalue weighted by Crippen LogP contribution is 2.23. The van der Waals surface area contributed by atoms with Crippen LogP contribution in [0.15, 0.2) is 22.7 Å². The van der Waals surface area contributed by atoms with Gasteiger partial charge in [-0.2, -0.15) is 0 Å². The summed E-state index contributed by atoms with van der Waals surface area (Å²) in [4.78, 5) is 2.25. The lowest BCUT2D eigenvalue weighted by Crippen LogP contribution is -2.23. The molecule has 16 heavy (non-hydrogen) atoms. The lowest BCUT2D eigenvalue weighted by Gasteiger charge is -2.21. The monoisotopic (exact) mass is 285 g/mol. The van der Waals surface area contributed by atoms with E-state index in [1.807, 2.05) is 12.1 Å². The average molecular weight is 286 g/mol. The van der Waals surface area contributed by atoms with Gasteiger partial charge in [-0.15, -0.1) is 0 Å². The van der Waals surface area contributed by atoms with Crippen molar-refractivity contribution in [1.82, 2.24) is 4.90 Å². The van der Waals surface area contributed by atoms with Crippen molar-refractivity contribution in [2.75, 3.05) is 13.6 Å². The second-order valence-electron chi connectivity index (χ2n) is 4.48. The van der Waals surface area contributed by atoms with Crippen LogP contribution >= 0.6 is 15.9 Å². The van der Waals surface area contributed by atoms with Gasteiger partial charge in [0.25, 0.3) is 0 Å². The van der Waals surface area contributed by atoms with E-state index in [1.54, 1.807) is 6.07 Å². The SMILES string of the molecule is CCC(C)CN(C)Cc1cc(Br)ccc1O. The average Bonchev–Trinajstić information content (AvgIpc) is 2.23. The zero-order valence-electron chi connectivity index (χ0n) is 10.2. The molecule has 1 unspecified atom stereocenters. The summed E-state index contributed by atoms with van der Waals surface area (Å²) in [6.07, 6.45) is 1.19. The fourth-order valence-corrected chi connectivity index (χ4v) is 2.11. The van der Waals surface area contributed by atoms with E-state index in [4.69, 9.17) is 0 Å². The summed E-state index contributed by atoms with van der Waals surface area (Å²) in [7, 11) is 2.09. The number of phenolic OH excluding ortho intramolecular Hbond substituents is 1. The first-order valence-electron chi connectivity index (χ1n) is 5.68. The van der Waals surface area contributed by atoms with Gasteiger partial charge in [0.05, 0.1) is 0 Å². The summed E-state index contributed by atoms with van der Waals surface area (Å²) in [6.45, 7) is 6.30. The van der Waals surface area contributed by atoms with Crippen LogP contribution in [-0.4, -0.2) is 23.6 Å². The third-order valence-corrected chi connectivity index (χ3v) is 3.30. The van der Waals surface area contributed by atoms with Crippen molar-refractivity contribution in [3.05, 3.63) is 28.2 Å². The molecule has 0 bridgehead atoms. The first-order chi connectivity index (χ1) is 7.52. The van der Waals surface area contributed by atoms with Gasteiger partial charge in [-0.1, -0.05) is 36.2 Å². The second kappa shape index (κ2) is 6.26. The molecular weight excluding hydrogens is 266 g/mol. The second-order valence-corrected chi connectivity index (χ2v) is 5.40. The number of rotatable bonds is 5. The van der Waals surface area contributed by atoms with Gasteiger partial charge >= 0.3 is 0 Å². The standard InChI is InChI=1S/C13H20BrNO/c1-4-10(2)8-15(3)9-11-7-12(14)5-6-13(11)16/h5-7,10,16H,4,8-9H2,1-3H3. The van der Waals surface area contributed by atoms with E-state index in [9.17, 15) is 5.11 Å². The molecule has 0 fully saturated rings. The van der Waals surface area contributed by atoms with Gasteiger partial charge in [-0.05, 0) is 31.2 Å². The van der Waals surface area contributed by atoms with Crippen molar-refractivity contribution >= 4 is 15.9 Å². The molecule has 0 aromatic heterocycles. The minimum atomic E-state index is 0.374. The molecule has 3 heteroatoms. The molecule has 0 saturated heterocycles. The highest BCUT2D eigenvalue weighted by molar-refractivity contribution is 9.10.